The van der Waals surface area contributed by atoms with E-state index in [-0.39, 0.29) is 18.3 Å². The van der Waals surface area contributed by atoms with Crippen LogP contribution in [0.2, 0.25) is 0 Å². The largest absolute Gasteiger partial charge is 0.461 e. The van der Waals surface area contributed by atoms with Crippen molar-refractivity contribution in [1.29, 1.82) is 0 Å². The van der Waals surface area contributed by atoms with Gasteiger partial charge in [0.25, 0.3) is 0 Å². The van der Waals surface area contributed by atoms with E-state index in [2.05, 4.69) is 5.32 Å². The van der Waals surface area contributed by atoms with Crippen molar-refractivity contribution in [3.63, 3.8) is 0 Å². The summed E-state index contributed by atoms with van der Waals surface area (Å²) in [5.41, 5.74) is -2.01. The summed E-state index contributed by atoms with van der Waals surface area (Å²) in [7, 11) is 1.69. The molecule has 0 heterocycles. The highest BCUT2D eigenvalue weighted by Crippen LogP contribution is 2.77. The molecule has 4 aliphatic rings. The van der Waals surface area contributed by atoms with E-state index in [1.54, 1.807) is 14.0 Å². The van der Waals surface area contributed by atoms with E-state index < -0.39 is 76.3 Å². The van der Waals surface area contributed by atoms with E-state index in [4.69, 9.17) is 14.2 Å². The van der Waals surface area contributed by atoms with Gasteiger partial charge in [0.15, 0.2) is 11.4 Å². The van der Waals surface area contributed by atoms with Gasteiger partial charge >= 0.3 is 17.9 Å². The minimum atomic E-state index is -1.49. The molecule has 9 nitrogen and oxygen atoms in total. The molecule has 0 spiro atoms. The smallest absolute Gasteiger partial charge is 0.323 e. The van der Waals surface area contributed by atoms with Gasteiger partial charge in [0.2, 0.25) is 0 Å². The maximum absolute atomic E-state index is 13.5. The Morgan fingerprint density at radius 2 is 1.77 bits per heavy atom. The minimum absolute atomic E-state index is 0.0101. The third kappa shape index (κ3) is 4.27. The molecule has 0 aliphatic heterocycles. The van der Waals surface area contributed by atoms with Crippen molar-refractivity contribution in [3.05, 3.63) is 23.3 Å². The average molecular weight is 546 g/mol. The Morgan fingerprint density at radius 3 is 2.31 bits per heavy atom. The zero-order chi connectivity index (χ0) is 29.2. The van der Waals surface area contributed by atoms with E-state index in [1.807, 2.05) is 46.8 Å². The third-order valence-corrected chi connectivity index (χ3v) is 9.93. The second kappa shape index (κ2) is 9.84. The van der Waals surface area contributed by atoms with Gasteiger partial charge in [0.05, 0.1) is 5.60 Å². The van der Waals surface area contributed by atoms with Gasteiger partial charge in [0.1, 0.15) is 18.8 Å². The lowest BCUT2D eigenvalue weighted by atomic mass is 9.59. The molecular weight excluding hydrogens is 502 g/mol. The molecule has 0 aromatic carbocycles. The molecule has 4 rings (SSSR count). The number of Topliss-reactive ketones (excluding diaryl/α,β-unsaturated/α-hetero) is 1. The molecule has 0 aromatic rings. The predicted octanol–water partition coefficient (Wildman–Crippen LogP) is 2.75. The molecule has 0 amide bonds. The maximum Gasteiger partial charge on any atom is 0.323 e. The molecule has 0 aromatic heterocycles. The number of allylic oxidation sites excluding steroid dienone is 1. The van der Waals surface area contributed by atoms with Gasteiger partial charge in [-0.1, -0.05) is 46.8 Å². The zero-order valence-corrected chi connectivity index (χ0v) is 24.5. The number of nitrogens with one attached hydrogen (secondary N) is 1. The van der Waals surface area contributed by atoms with Gasteiger partial charge in [-0.05, 0) is 37.5 Å². The molecule has 2 fully saturated rings. The quantitative estimate of drug-likeness (QED) is 0.282. The number of carbonyl (C=O) groups is 4. The first kappa shape index (κ1) is 29.5. The van der Waals surface area contributed by atoms with E-state index in [9.17, 15) is 24.3 Å². The topological polar surface area (TPSA) is 128 Å². The van der Waals surface area contributed by atoms with Crippen LogP contribution in [0.3, 0.4) is 0 Å². The number of aliphatic hydroxyl groups is 1. The van der Waals surface area contributed by atoms with Gasteiger partial charge in [-0.15, -0.1) is 0 Å². The zero-order valence-electron chi connectivity index (χ0n) is 24.5. The standard InChI is InChI=1S/C30H43NO8/c1-14(2)23(31-9)27(35)38-26-16(4)29(36)21-10-15(3)24(34)20(21)11-19(13-37-17(5)32)12-22(29)25-28(7,8)30(25,26)39-18(6)33/h10,12,14,16,20-23,25-26,31,36H,11,13H2,1-9H3/t16-,20-,21-,22+,23+,25-,26-,29+,30-/m1/s1. The van der Waals surface area contributed by atoms with Crippen LogP contribution in [0.4, 0.5) is 0 Å². The molecule has 2 N–H and O–H groups in total. The monoisotopic (exact) mass is 545 g/mol. The molecule has 2 saturated carbocycles. The van der Waals surface area contributed by atoms with E-state index in [0.717, 1.165) is 5.57 Å². The number of fused-ring (bicyclic) bond motifs is 5. The summed E-state index contributed by atoms with van der Waals surface area (Å²) in [6, 6.07) is -0.591. The number of ketones is 1. The molecule has 39 heavy (non-hydrogen) atoms. The molecule has 4 aliphatic carbocycles. The molecule has 0 unspecified atom stereocenters. The predicted molar refractivity (Wildman–Crippen MR) is 142 cm³/mol. The highest BCUT2D eigenvalue weighted by atomic mass is 16.6. The lowest BCUT2D eigenvalue weighted by Gasteiger charge is -2.52. The number of hydrogen-bond acceptors (Lipinski definition) is 9. The summed E-state index contributed by atoms with van der Waals surface area (Å²) >= 11 is 0. The first-order valence-electron chi connectivity index (χ1n) is 13.9. The number of likely N-dealkylation sites (N-methyl/N-ethyl adjacent to an activating group) is 1. The van der Waals surface area contributed by atoms with Crippen molar-refractivity contribution in [2.24, 2.45) is 40.9 Å². The highest BCUT2D eigenvalue weighted by Gasteiger charge is 2.87. The summed E-state index contributed by atoms with van der Waals surface area (Å²) < 4.78 is 17.7. The maximum atomic E-state index is 13.5. The molecule has 9 heteroatoms. The van der Waals surface area contributed by atoms with Crippen molar-refractivity contribution in [1.82, 2.24) is 5.32 Å². The van der Waals surface area contributed by atoms with Crippen LogP contribution >= 0.6 is 0 Å². The lowest BCUT2D eigenvalue weighted by Crippen LogP contribution is -2.64. The number of esters is 3. The minimum Gasteiger partial charge on any atom is -0.461 e. The van der Waals surface area contributed by atoms with Crippen LogP contribution in [0.15, 0.2) is 23.3 Å². The van der Waals surface area contributed by atoms with Crippen LogP contribution in [0.5, 0.6) is 0 Å². The first-order chi connectivity index (χ1) is 18.0. The van der Waals surface area contributed by atoms with Gasteiger partial charge in [-0.3, -0.25) is 19.2 Å². The van der Waals surface area contributed by atoms with Crippen molar-refractivity contribution < 1.29 is 38.5 Å². The SMILES string of the molecule is CN[C@H](C(=O)O[C@@H]1[C@@H](C)[C@]2(O)[C@@H]3C=C(C)C(=O)[C@@H]3CC(COC(C)=O)=C[C@H]2[C@@H]2C(C)(C)[C@]12OC(C)=O)C(C)C. The second-order valence-electron chi connectivity index (χ2n) is 12.8. The number of ether oxygens (including phenoxy) is 3. The van der Waals surface area contributed by atoms with Gasteiger partial charge in [-0.2, -0.15) is 0 Å². The number of rotatable bonds is 7. The van der Waals surface area contributed by atoms with E-state index in [0.29, 0.717) is 12.0 Å². The normalized spacial score (nSPS) is 38.8. The lowest BCUT2D eigenvalue weighted by molar-refractivity contribution is -0.221. The summed E-state index contributed by atoms with van der Waals surface area (Å²) in [5.74, 6) is -4.26. The van der Waals surface area contributed by atoms with Gasteiger partial charge in [0, 0.05) is 48.9 Å². The summed E-state index contributed by atoms with van der Waals surface area (Å²) in [4.78, 5) is 50.9. The Morgan fingerprint density at radius 1 is 1.13 bits per heavy atom. The van der Waals surface area contributed by atoms with Crippen LogP contribution in [0.1, 0.15) is 61.8 Å². The Labute approximate surface area is 230 Å². The Bertz CT molecular complexity index is 1140. The van der Waals surface area contributed by atoms with Crippen LogP contribution in [0, 0.1) is 40.9 Å². The van der Waals surface area contributed by atoms with E-state index >= 15 is 0 Å². The fourth-order valence-corrected chi connectivity index (χ4v) is 8.10. The molecule has 216 valence electrons. The van der Waals surface area contributed by atoms with Gasteiger partial charge in [-0.25, -0.2) is 0 Å². The first-order valence-corrected chi connectivity index (χ1v) is 13.9. The van der Waals surface area contributed by atoms with Crippen LogP contribution < -0.4 is 5.32 Å². The van der Waals surface area contributed by atoms with Crippen molar-refractivity contribution >= 4 is 23.7 Å². The molecular formula is C30H43NO8. The summed E-state index contributed by atoms with van der Waals surface area (Å²) in [6.07, 6.45) is 3.16. The van der Waals surface area contributed by atoms with Crippen molar-refractivity contribution in [2.45, 2.75) is 85.2 Å². The van der Waals surface area contributed by atoms with Gasteiger partial charge < -0.3 is 24.6 Å². The van der Waals surface area contributed by atoms with E-state index in [1.165, 1.54) is 13.8 Å². The molecule has 0 bridgehead atoms. The van der Waals surface area contributed by atoms with Crippen LogP contribution in [-0.4, -0.2) is 65.8 Å². The number of hydrogen-bond donors (Lipinski definition) is 2. The molecule has 0 saturated heterocycles. The molecule has 0 radical (unpaired) electrons. The Balaban J connectivity index is 1.89. The fraction of sp³-hybridized carbons (Fsp3) is 0.733. The summed E-state index contributed by atoms with van der Waals surface area (Å²) in [6.45, 7) is 14.0. The van der Waals surface area contributed by atoms with Crippen molar-refractivity contribution in [2.75, 3.05) is 13.7 Å². The highest BCUT2D eigenvalue weighted by molar-refractivity contribution is 6.00. The Kier molecular flexibility index (Phi) is 7.43. The fourth-order valence-electron chi connectivity index (χ4n) is 8.10. The molecule has 9 atom stereocenters. The summed E-state index contributed by atoms with van der Waals surface area (Å²) in [5, 5.41) is 15.8. The van der Waals surface area contributed by atoms with Crippen molar-refractivity contribution in [3.8, 4) is 0 Å². The average Bonchev–Trinajstić information content (AvgIpc) is 3.21. The van der Waals surface area contributed by atoms with Crippen LogP contribution in [0.25, 0.3) is 0 Å². The third-order valence-electron chi connectivity index (χ3n) is 9.93. The second-order valence-corrected chi connectivity index (χ2v) is 12.8. The Hall–Kier alpha value is -2.52. The van der Waals surface area contributed by atoms with Crippen LogP contribution in [-0.2, 0) is 33.4 Å². The number of carbonyl (C=O) groups excluding carboxylic acids is 4.